The van der Waals surface area contributed by atoms with E-state index in [1.165, 1.54) is 11.1 Å². The second-order valence-corrected chi connectivity index (χ2v) is 8.32. The summed E-state index contributed by atoms with van der Waals surface area (Å²) in [6.45, 7) is 8.59. The fraction of sp³-hybridized carbons (Fsp3) is 0.480. The van der Waals surface area contributed by atoms with Crippen molar-refractivity contribution < 1.29 is 9.84 Å². The lowest BCUT2D eigenvalue weighted by molar-refractivity contribution is -0.0265. The quantitative estimate of drug-likeness (QED) is 0.276. The number of hydrogen-bond donors (Lipinski definition) is 3. The molecule has 3 rings (SSSR count). The molecule has 0 aromatic heterocycles. The lowest BCUT2D eigenvalue weighted by Gasteiger charge is -2.33. The normalized spacial score (nSPS) is 21.0. The van der Waals surface area contributed by atoms with E-state index in [9.17, 15) is 5.11 Å². The van der Waals surface area contributed by atoms with E-state index in [2.05, 4.69) is 46.8 Å². The maximum atomic E-state index is 10.9. The Balaban J connectivity index is 0.00000341. The van der Waals surface area contributed by atoms with Gasteiger partial charge in [0.05, 0.1) is 12.6 Å². The first-order valence-electron chi connectivity index (χ1n) is 11.0. The van der Waals surface area contributed by atoms with Crippen molar-refractivity contribution >= 4 is 29.9 Å². The molecule has 3 unspecified atom stereocenters. The highest BCUT2D eigenvalue weighted by atomic mass is 127. The Hall–Kier alpha value is -1.64. The Labute approximate surface area is 203 Å². The molecule has 1 aliphatic rings. The minimum atomic E-state index is -1.01. The maximum Gasteiger partial charge on any atom is 0.191 e. The summed E-state index contributed by atoms with van der Waals surface area (Å²) in [5.74, 6) is 1.10. The first-order valence-corrected chi connectivity index (χ1v) is 11.0. The lowest BCUT2D eigenvalue weighted by atomic mass is 9.89. The smallest absolute Gasteiger partial charge is 0.191 e. The van der Waals surface area contributed by atoms with E-state index in [1.807, 2.05) is 37.3 Å². The summed E-state index contributed by atoms with van der Waals surface area (Å²) in [5, 5.41) is 17.6. The number of benzene rings is 2. The molecule has 0 amide bonds. The zero-order chi connectivity index (χ0) is 21.4. The molecule has 0 saturated carbocycles. The van der Waals surface area contributed by atoms with Gasteiger partial charge in [0.2, 0.25) is 0 Å². The molecule has 1 heterocycles. The van der Waals surface area contributed by atoms with Crippen LogP contribution in [-0.4, -0.2) is 37.3 Å². The fourth-order valence-electron chi connectivity index (χ4n) is 3.87. The second-order valence-electron chi connectivity index (χ2n) is 8.32. The van der Waals surface area contributed by atoms with E-state index in [4.69, 9.17) is 4.74 Å². The van der Waals surface area contributed by atoms with Gasteiger partial charge in [0, 0.05) is 25.6 Å². The van der Waals surface area contributed by atoms with E-state index >= 15 is 0 Å². The predicted octanol–water partition coefficient (Wildman–Crippen LogP) is 4.54. The molecule has 2 aromatic rings. The van der Waals surface area contributed by atoms with Gasteiger partial charge in [0.1, 0.15) is 5.60 Å². The van der Waals surface area contributed by atoms with Gasteiger partial charge in [-0.2, -0.15) is 0 Å². The topological polar surface area (TPSA) is 65.9 Å². The van der Waals surface area contributed by atoms with Crippen LogP contribution in [0.5, 0.6) is 0 Å². The summed E-state index contributed by atoms with van der Waals surface area (Å²) in [4.78, 5) is 4.66. The lowest BCUT2D eigenvalue weighted by Crippen LogP contribution is -2.42. The van der Waals surface area contributed by atoms with Crippen molar-refractivity contribution in [3.05, 3.63) is 71.3 Å². The van der Waals surface area contributed by atoms with Gasteiger partial charge in [-0.25, -0.2) is 4.99 Å². The molecule has 31 heavy (non-hydrogen) atoms. The number of nitrogens with zero attached hydrogens (tertiary/aromatic N) is 1. The monoisotopic (exact) mass is 537 g/mol. The number of guanidine groups is 1. The van der Waals surface area contributed by atoms with Crippen LogP contribution in [-0.2, 0) is 10.3 Å². The van der Waals surface area contributed by atoms with Crippen molar-refractivity contribution in [3.8, 4) is 0 Å². The van der Waals surface area contributed by atoms with Crippen molar-refractivity contribution in [2.45, 2.75) is 45.3 Å². The van der Waals surface area contributed by atoms with Gasteiger partial charge < -0.3 is 20.5 Å². The highest BCUT2D eigenvalue weighted by Crippen LogP contribution is 2.33. The van der Waals surface area contributed by atoms with E-state index in [-0.39, 0.29) is 36.6 Å². The molecule has 0 aliphatic carbocycles. The summed E-state index contributed by atoms with van der Waals surface area (Å²) in [6, 6.07) is 18.3. The molecule has 170 valence electrons. The molecule has 1 saturated heterocycles. The van der Waals surface area contributed by atoms with Crippen LogP contribution in [0.25, 0.3) is 0 Å². The second kappa shape index (κ2) is 12.4. The molecule has 3 N–H and O–H groups in total. The first-order chi connectivity index (χ1) is 14.5. The first kappa shape index (κ1) is 25.6. The molecule has 2 aromatic carbocycles. The third kappa shape index (κ3) is 7.47. The van der Waals surface area contributed by atoms with E-state index < -0.39 is 5.60 Å². The third-order valence-electron chi connectivity index (χ3n) is 5.67. The van der Waals surface area contributed by atoms with Crippen LogP contribution in [0.15, 0.2) is 59.6 Å². The van der Waals surface area contributed by atoms with Gasteiger partial charge in [-0.15, -0.1) is 24.0 Å². The highest BCUT2D eigenvalue weighted by molar-refractivity contribution is 14.0. The average molecular weight is 537 g/mol. The zero-order valence-electron chi connectivity index (χ0n) is 18.8. The Morgan fingerprint density at radius 1 is 1.13 bits per heavy atom. The number of halogens is 1. The zero-order valence-corrected chi connectivity index (χ0v) is 21.1. The van der Waals surface area contributed by atoms with E-state index in [1.54, 1.807) is 6.92 Å². The molecule has 0 radical (unpaired) electrons. The Bertz CT molecular complexity index is 809. The number of aliphatic imine (C=N–C) groups is 1. The van der Waals surface area contributed by atoms with Crippen LogP contribution < -0.4 is 10.6 Å². The van der Waals surface area contributed by atoms with Gasteiger partial charge in [-0.05, 0) is 44.7 Å². The summed E-state index contributed by atoms with van der Waals surface area (Å²) < 4.78 is 6.14. The van der Waals surface area contributed by atoms with Crippen LogP contribution in [0.4, 0.5) is 0 Å². The van der Waals surface area contributed by atoms with Crippen LogP contribution in [0.2, 0.25) is 0 Å². The Morgan fingerprint density at radius 2 is 1.84 bits per heavy atom. The van der Waals surface area contributed by atoms with E-state index in [0.717, 1.165) is 44.1 Å². The number of nitrogens with one attached hydrogen (secondary N) is 2. The van der Waals surface area contributed by atoms with Gasteiger partial charge in [0.15, 0.2) is 5.96 Å². The summed E-state index contributed by atoms with van der Waals surface area (Å²) in [7, 11) is 0. The summed E-state index contributed by atoms with van der Waals surface area (Å²) >= 11 is 0. The van der Waals surface area contributed by atoms with E-state index in [0.29, 0.717) is 5.92 Å². The van der Waals surface area contributed by atoms with Crippen molar-refractivity contribution in [2.24, 2.45) is 10.9 Å². The summed E-state index contributed by atoms with van der Waals surface area (Å²) in [5.41, 5.74) is 2.35. The molecule has 1 aliphatic heterocycles. The molecular weight excluding hydrogens is 501 g/mol. The molecule has 5 nitrogen and oxygen atoms in total. The Morgan fingerprint density at radius 3 is 2.52 bits per heavy atom. The third-order valence-corrected chi connectivity index (χ3v) is 5.67. The maximum absolute atomic E-state index is 10.9. The predicted molar refractivity (Wildman–Crippen MR) is 138 cm³/mol. The van der Waals surface area contributed by atoms with Crippen molar-refractivity contribution in [1.82, 2.24) is 10.6 Å². The number of aryl methyl sites for hydroxylation is 1. The molecular formula is C25H36IN3O2. The van der Waals surface area contributed by atoms with Crippen LogP contribution in [0.1, 0.15) is 49.5 Å². The Kier molecular flexibility index (Phi) is 10.3. The standard InChI is InChI=1S/C25H35N3O2.HI/c1-4-26-24(28-18-25(3,29)22-10-6-5-7-11-22)27-17-21-9-8-16-30-23(21)20-14-12-19(2)13-15-20;/h5-7,10-15,21,23,29H,4,8-9,16-18H2,1-3H3,(H2,26,27,28);1H. The number of rotatable bonds is 7. The highest BCUT2D eigenvalue weighted by Gasteiger charge is 2.28. The molecule has 1 fully saturated rings. The van der Waals surface area contributed by atoms with Gasteiger partial charge in [0.25, 0.3) is 0 Å². The number of ether oxygens (including phenoxy) is 1. The van der Waals surface area contributed by atoms with Crippen molar-refractivity contribution in [2.75, 3.05) is 26.2 Å². The van der Waals surface area contributed by atoms with Gasteiger partial charge in [-0.3, -0.25) is 0 Å². The summed E-state index contributed by atoms with van der Waals surface area (Å²) in [6.07, 6.45) is 2.29. The van der Waals surface area contributed by atoms with Crippen LogP contribution >= 0.6 is 24.0 Å². The van der Waals surface area contributed by atoms with Crippen LogP contribution in [0, 0.1) is 12.8 Å². The van der Waals surface area contributed by atoms with Gasteiger partial charge >= 0.3 is 0 Å². The van der Waals surface area contributed by atoms with Crippen molar-refractivity contribution in [1.29, 1.82) is 0 Å². The molecule has 6 heteroatoms. The largest absolute Gasteiger partial charge is 0.384 e. The number of aliphatic hydroxyl groups is 1. The minimum absolute atomic E-state index is 0. The molecule has 0 bridgehead atoms. The van der Waals surface area contributed by atoms with Gasteiger partial charge in [-0.1, -0.05) is 60.2 Å². The van der Waals surface area contributed by atoms with Crippen molar-refractivity contribution in [3.63, 3.8) is 0 Å². The molecule has 0 spiro atoms. The fourth-order valence-corrected chi connectivity index (χ4v) is 3.87. The van der Waals surface area contributed by atoms with Crippen LogP contribution in [0.3, 0.4) is 0 Å². The minimum Gasteiger partial charge on any atom is -0.384 e. The molecule has 3 atom stereocenters. The number of hydrogen-bond acceptors (Lipinski definition) is 3. The SMILES string of the molecule is CCNC(=NCC(C)(O)c1ccccc1)NCC1CCCOC1c1ccc(C)cc1.I. The average Bonchev–Trinajstić information content (AvgIpc) is 2.77.